The Morgan fingerprint density at radius 2 is 1.83 bits per heavy atom. The molecule has 0 unspecified atom stereocenters. The summed E-state index contributed by atoms with van der Waals surface area (Å²) in [6, 6.07) is 14.9. The zero-order chi connectivity index (χ0) is 13.0. The Bertz CT molecular complexity index is 547. The number of benzene rings is 2. The second-order valence-electron chi connectivity index (χ2n) is 3.94. The van der Waals surface area contributed by atoms with Gasteiger partial charge in [-0.2, -0.15) is 0 Å². The molecular formula is C15H14O3. The predicted molar refractivity (Wildman–Crippen MR) is 69.6 cm³/mol. The van der Waals surface area contributed by atoms with Crippen molar-refractivity contribution in [3.05, 3.63) is 59.7 Å². The lowest BCUT2D eigenvalue weighted by Gasteiger charge is -2.11. The molecule has 0 heterocycles. The van der Waals surface area contributed by atoms with Gasteiger partial charge in [0.2, 0.25) is 0 Å². The Morgan fingerprint density at radius 3 is 2.44 bits per heavy atom. The van der Waals surface area contributed by atoms with Gasteiger partial charge in [-0.05, 0) is 16.7 Å². The first-order chi connectivity index (χ1) is 8.74. The molecule has 0 spiro atoms. The number of ether oxygens (including phenoxy) is 1. The predicted octanol–water partition coefficient (Wildman–Crippen LogP) is 3.20. The van der Waals surface area contributed by atoms with Crippen LogP contribution in [0.1, 0.15) is 15.9 Å². The summed E-state index contributed by atoms with van der Waals surface area (Å²) < 4.78 is 5.05. The van der Waals surface area contributed by atoms with Crippen LogP contribution in [0, 0.1) is 0 Å². The molecule has 0 aliphatic carbocycles. The van der Waals surface area contributed by atoms with Crippen LogP contribution in [0.3, 0.4) is 0 Å². The number of carboxylic acids is 1. The Hall–Kier alpha value is -2.13. The maximum atomic E-state index is 11.4. The topological polar surface area (TPSA) is 46.5 Å². The molecule has 18 heavy (non-hydrogen) atoms. The molecule has 0 aromatic heterocycles. The summed E-state index contributed by atoms with van der Waals surface area (Å²) >= 11 is 0. The molecular weight excluding hydrogens is 228 g/mol. The molecule has 0 atom stereocenters. The quantitative estimate of drug-likeness (QED) is 0.895. The van der Waals surface area contributed by atoms with Crippen molar-refractivity contribution in [2.75, 3.05) is 7.11 Å². The highest BCUT2D eigenvalue weighted by Crippen LogP contribution is 2.26. The van der Waals surface area contributed by atoms with Crippen molar-refractivity contribution < 1.29 is 14.6 Å². The van der Waals surface area contributed by atoms with Crippen LogP contribution in [0.5, 0.6) is 0 Å². The second kappa shape index (κ2) is 5.47. The van der Waals surface area contributed by atoms with Gasteiger partial charge in [0, 0.05) is 7.11 Å². The van der Waals surface area contributed by atoms with Crippen LogP contribution in [0.25, 0.3) is 11.1 Å². The van der Waals surface area contributed by atoms with E-state index in [1.165, 1.54) is 0 Å². The van der Waals surface area contributed by atoms with E-state index in [2.05, 4.69) is 0 Å². The molecule has 0 aliphatic rings. The number of aromatic carboxylic acids is 1. The summed E-state index contributed by atoms with van der Waals surface area (Å²) in [5.41, 5.74) is 2.61. The number of hydrogen-bond donors (Lipinski definition) is 1. The fourth-order valence-electron chi connectivity index (χ4n) is 1.99. The molecule has 92 valence electrons. The van der Waals surface area contributed by atoms with Crippen molar-refractivity contribution in [2.24, 2.45) is 0 Å². The van der Waals surface area contributed by atoms with Gasteiger partial charge in [-0.25, -0.2) is 4.79 Å². The largest absolute Gasteiger partial charge is 0.478 e. The number of hydrogen-bond acceptors (Lipinski definition) is 2. The van der Waals surface area contributed by atoms with Crippen molar-refractivity contribution >= 4 is 5.97 Å². The summed E-state index contributed by atoms with van der Waals surface area (Å²) in [6.45, 7) is 0.294. The fraction of sp³-hybridized carbons (Fsp3) is 0.133. The molecule has 0 radical (unpaired) electrons. The lowest BCUT2D eigenvalue weighted by atomic mass is 9.96. The summed E-state index contributed by atoms with van der Waals surface area (Å²) in [5.74, 6) is -0.929. The van der Waals surface area contributed by atoms with Crippen LogP contribution in [-0.2, 0) is 11.3 Å². The van der Waals surface area contributed by atoms with E-state index in [1.807, 2.05) is 42.5 Å². The summed E-state index contributed by atoms with van der Waals surface area (Å²) in [5, 5.41) is 9.38. The van der Waals surface area contributed by atoms with Crippen molar-refractivity contribution in [1.29, 1.82) is 0 Å². The Morgan fingerprint density at radius 1 is 1.11 bits per heavy atom. The van der Waals surface area contributed by atoms with Gasteiger partial charge in [0.05, 0.1) is 12.2 Å². The van der Waals surface area contributed by atoms with Crippen molar-refractivity contribution in [2.45, 2.75) is 6.61 Å². The second-order valence-corrected chi connectivity index (χ2v) is 3.94. The van der Waals surface area contributed by atoms with E-state index >= 15 is 0 Å². The van der Waals surface area contributed by atoms with Gasteiger partial charge in [0.25, 0.3) is 0 Å². The highest BCUT2D eigenvalue weighted by atomic mass is 16.5. The lowest BCUT2D eigenvalue weighted by molar-refractivity contribution is 0.0693. The molecule has 0 saturated heterocycles. The zero-order valence-electron chi connectivity index (χ0n) is 10.1. The highest BCUT2D eigenvalue weighted by molar-refractivity contribution is 5.97. The summed E-state index contributed by atoms with van der Waals surface area (Å²) in [7, 11) is 1.56. The Labute approximate surface area is 106 Å². The minimum atomic E-state index is -0.929. The molecule has 3 nitrogen and oxygen atoms in total. The van der Waals surface area contributed by atoms with E-state index in [0.29, 0.717) is 17.7 Å². The molecule has 1 N–H and O–H groups in total. The molecule has 2 aromatic carbocycles. The minimum Gasteiger partial charge on any atom is -0.478 e. The van der Waals surface area contributed by atoms with Gasteiger partial charge in [0.1, 0.15) is 0 Å². The summed E-state index contributed by atoms with van der Waals surface area (Å²) in [6.07, 6.45) is 0. The molecule has 0 fully saturated rings. The molecule has 0 saturated carbocycles. The van der Waals surface area contributed by atoms with Gasteiger partial charge in [0.15, 0.2) is 0 Å². The number of carboxylic acid groups (broad SMARTS) is 1. The lowest BCUT2D eigenvalue weighted by Crippen LogP contribution is -2.05. The van der Waals surface area contributed by atoms with E-state index < -0.39 is 5.97 Å². The van der Waals surface area contributed by atoms with E-state index in [9.17, 15) is 9.90 Å². The first kappa shape index (κ1) is 12.3. The van der Waals surface area contributed by atoms with Crippen molar-refractivity contribution in [3.8, 4) is 11.1 Å². The number of carbonyl (C=O) groups is 1. The van der Waals surface area contributed by atoms with Crippen molar-refractivity contribution in [3.63, 3.8) is 0 Å². The van der Waals surface area contributed by atoms with E-state index in [-0.39, 0.29) is 0 Å². The maximum absolute atomic E-state index is 11.4. The van der Waals surface area contributed by atoms with Gasteiger partial charge in [-0.15, -0.1) is 0 Å². The molecule has 2 rings (SSSR count). The van der Waals surface area contributed by atoms with Crippen LogP contribution in [0.15, 0.2) is 48.5 Å². The van der Waals surface area contributed by atoms with Crippen LogP contribution in [0.2, 0.25) is 0 Å². The molecule has 0 aliphatic heterocycles. The van der Waals surface area contributed by atoms with Gasteiger partial charge < -0.3 is 9.84 Å². The van der Waals surface area contributed by atoms with Gasteiger partial charge in [-0.1, -0.05) is 48.5 Å². The smallest absolute Gasteiger partial charge is 0.336 e. The number of rotatable bonds is 4. The standard InChI is InChI=1S/C15H14O3/c1-18-10-12-8-5-9-13(14(12)15(16)17)11-6-3-2-4-7-11/h2-9H,10H2,1H3,(H,16,17). The SMILES string of the molecule is COCc1cccc(-c2ccccc2)c1C(=O)O. The average Bonchev–Trinajstić information content (AvgIpc) is 2.39. The average molecular weight is 242 g/mol. The van der Waals surface area contributed by atoms with Crippen LogP contribution >= 0.6 is 0 Å². The van der Waals surface area contributed by atoms with Crippen molar-refractivity contribution in [1.82, 2.24) is 0 Å². The minimum absolute atomic E-state index is 0.294. The van der Waals surface area contributed by atoms with Crippen LogP contribution < -0.4 is 0 Å². The first-order valence-electron chi connectivity index (χ1n) is 5.63. The normalized spacial score (nSPS) is 10.3. The maximum Gasteiger partial charge on any atom is 0.336 e. The van der Waals surface area contributed by atoms with Gasteiger partial charge >= 0.3 is 5.97 Å². The third-order valence-electron chi connectivity index (χ3n) is 2.75. The van der Waals surface area contributed by atoms with Crippen LogP contribution in [-0.4, -0.2) is 18.2 Å². The van der Waals surface area contributed by atoms with Gasteiger partial charge in [-0.3, -0.25) is 0 Å². The third-order valence-corrected chi connectivity index (χ3v) is 2.75. The number of methoxy groups -OCH3 is 1. The Balaban J connectivity index is 2.60. The summed E-state index contributed by atoms with van der Waals surface area (Å²) in [4.78, 5) is 11.4. The molecule has 0 bridgehead atoms. The monoisotopic (exact) mass is 242 g/mol. The molecule has 0 amide bonds. The fourth-order valence-corrected chi connectivity index (χ4v) is 1.99. The van der Waals surface area contributed by atoms with E-state index in [0.717, 1.165) is 11.1 Å². The zero-order valence-corrected chi connectivity index (χ0v) is 10.1. The van der Waals surface area contributed by atoms with E-state index in [1.54, 1.807) is 13.2 Å². The first-order valence-corrected chi connectivity index (χ1v) is 5.63. The third kappa shape index (κ3) is 2.41. The highest BCUT2D eigenvalue weighted by Gasteiger charge is 2.16. The molecule has 3 heteroatoms. The molecule has 2 aromatic rings. The Kier molecular flexibility index (Phi) is 3.75. The van der Waals surface area contributed by atoms with Crippen LogP contribution in [0.4, 0.5) is 0 Å². The van der Waals surface area contributed by atoms with E-state index in [4.69, 9.17) is 4.74 Å².